The van der Waals surface area contributed by atoms with E-state index in [-0.39, 0.29) is 24.9 Å². The lowest BCUT2D eigenvalue weighted by molar-refractivity contribution is -0.149. The Hall–Kier alpha value is -0.840. The normalized spacial score (nSPS) is 17.6. The molecule has 78 valence electrons. The van der Waals surface area contributed by atoms with Crippen LogP contribution in [0.2, 0.25) is 0 Å². The van der Waals surface area contributed by atoms with Crippen LogP contribution in [0.1, 0.15) is 6.92 Å². The van der Waals surface area contributed by atoms with Gasteiger partial charge in [0.25, 0.3) is 0 Å². The molecule has 0 unspecified atom stereocenters. The molecule has 0 atom stereocenters. The first-order chi connectivity index (χ1) is 6.54. The van der Waals surface area contributed by atoms with Crippen LogP contribution in [0.3, 0.4) is 0 Å². The van der Waals surface area contributed by atoms with Gasteiger partial charge >= 0.3 is 0 Å². The van der Waals surface area contributed by atoms with Crippen LogP contribution in [-0.4, -0.2) is 47.8 Å². The summed E-state index contributed by atoms with van der Waals surface area (Å²) in [6.45, 7) is 6.86. The Kier molecular flexibility index (Phi) is 3.69. The molecule has 1 aliphatic rings. The molecule has 5 heteroatoms. The largest absolute Gasteiger partial charge is 0.332 e. The number of hydrogen-bond acceptors (Lipinski definition) is 2. The molecule has 1 saturated heterocycles. The number of carbonyl (C=O) groups is 2. The molecule has 0 N–H and O–H groups in total. The molecule has 1 heterocycles. The van der Waals surface area contributed by atoms with E-state index in [9.17, 15) is 9.59 Å². The van der Waals surface area contributed by atoms with Crippen molar-refractivity contribution >= 4 is 27.7 Å². The van der Waals surface area contributed by atoms with Crippen LogP contribution in [0, 0.1) is 0 Å². The van der Waals surface area contributed by atoms with Gasteiger partial charge in [0.2, 0.25) is 11.8 Å². The number of rotatable bonds is 3. The van der Waals surface area contributed by atoms with Crippen molar-refractivity contribution in [2.45, 2.75) is 6.92 Å². The summed E-state index contributed by atoms with van der Waals surface area (Å²) in [4.78, 5) is 26.0. The molecule has 0 aromatic rings. The van der Waals surface area contributed by atoms with E-state index in [4.69, 9.17) is 0 Å². The van der Waals surface area contributed by atoms with Gasteiger partial charge in [0.1, 0.15) is 6.54 Å². The van der Waals surface area contributed by atoms with Gasteiger partial charge in [-0.05, 0) is 6.92 Å². The molecule has 0 bridgehead atoms. The van der Waals surface area contributed by atoms with E-state index in [0.717, 1.165) is 0 Å². The highest BCUT2D eigenvalue weighted by Gasteiger charge is 2.28. The average Bonchev–Trinajstić information content (AvgIpc) is 2.10. The molecule has 1 fully saturated rings. The van der Waals surface area contributed by atoms with Gasteiger partial charge in [-0.25, -0.2) is 0 Å². The highest BCUT2D eigenvalue weighted by Crippen LogP contribution is 2.09. The zero-order chi connectivity index (χ0) is 10.7. The number of halogens is 1. The molecule has 0 aromatic carbocycles. The van der Waals surface area contributed by atoms with Crippen molar-refractivity contribution in [1.29, 1.82) is 0 Å². The van der Waals surface area contributed by atoms with Gasteiger partial charge in [0, 0.05) is 11.0 Å². The third-order valence-corrected chi connectivity index (χ3v) is 2.35. The summed E-state index contributed by atoms with van der Waals surface area (Å²) in [5.74, 6) is -0.0205. The SMILES string of the molecule is C=C(Br)CN1CC(=O)N(CC)CC1=O. The molecule has 0 aromatic heterocycles. The molecule has 14 heavy (non-hydrogen) atoms. The molecule has 1 aliphatic heterocycles. The summed E-state index contributed by atoms with van der Waals surface area (Å²) in [5.41, 5.74) is 0. The lowest BCUT2D eigenvalue weighted by Gasteiger charge is -2.33. The lowest BCUT2D eigenvalue weighted by Crippen LogP contribution is -2.53. The van der Waals surface area contributed by atoms with Crippen molar-refractivity contribution in [1.82, 2.24) is 9.80 Å². The smallest absolute Gasteiger partial charge is 0.242 e. The van der Waals surface area contributed by atoms with Crippen molar-refractivity contribution in [3.8, 4) is 0 Å². The van der Waals surface area contributed by atoms with Crippen LogP contribution in [0.5, 0.6) is 0 Å². The molecular weight excluding hydrogens is 248 g/mol. The van der Waals surface area contributed by atoms with E-state index in [1.807, 2.05) is 6.92 Å². The van der Waals surface area contributed by atoms with Crippen LogP contribution >= 0.6 is 15.9 Å². The standard InChI is InChI=1S/C9H13BrN2O2/c1-3-11-5-9(14)12(4-7(2)10)6-8(11)13/h2-6H2,1H3. The molecule has 4 nitrogen and oxygen atoms in total. The van der Waals surface area contributed by atoms with Gasteiger partial charge in [-0.3, -0.25) is 9.59 Å². The molecular formula is C9H13BrN2O2. The predicted molar refractivity (Wildman–Crippen MR) is 56.9 cm³/mol. The minimum atomic E-state index is -0.0212. The van der Waals surface area contributed by atoms with Crippen molar-refractivity contribution in [3.05, 3.63) is 11.1 Å². The molecule has 0 aliphatic carbocycles. The summed E-state index contributed by atoms with van der Waals surface area (Å²) in [7, 11) is 0. The number of likely N-dealkylation sites (N-methyl/N-ethyl adjacent to an activating group) is 1. The minimum absolute atomic E-state index is 0.000787. The first-order valence-electron chi connectivity index (χ1n) is 4.43. The van der Waals surface area contributed by atoms with Crippen molar-refractivity contribution in [2.24, 2.45) is 0 Å². The monoisotopic (exact) mass is 260 g/mol. The molecule has 2 amide bonds. The van der Waals surface area contributed by atoms with Crippen molar-refractivity contribution in [2.75, 3.05) is 26.2 Å². The van der Waals surface area contributed by atoms with Crippen LogP contribution < -0.4 is 0 Å². The molecule has 1 rings (SSSR count). The second kappa shape index (κ2) is 4.59. The summed E-state index contributed by atoms with van der Waals surface area (Å²) in [6, 6.07) is 0. The van der Waals surface area contributed by atoms with Gasteiger partial charge in [-0.2, -0.15) is 0 Å². The van der Waals surface area contributed by atoms with Crippen LogP contribution in [0.4, 0.5) is 0 Å². The molecule has 0 saturated carbocycles. The van der Waals surface area contributed by atoms with E-state index in [1.54, 1.807) is 4.90 Å². The third kappa shape index (κ3) is 2.57. The number of carbonyl (C=O) groups excluding carboxylic acids is 2. The van der Waals surface area contributed by atoms with Crippen LogP contribution in [0.15, 0.2) is 11.1 Å². The molecule has 0 radical (unpaired) electrons. The second-order valence-electron chi connectivity index (χ2n) is 3.17. The fraction of sp³-hybridized carbons (Fsp3) is 0.556. The summed E-state index contributed by atoms with van der Waals surface area (Å²) in [5, 5.41) is 0. The number of hydrogen-bond donors (Lipinski definition) is 0. The second-order valence-corrected chi connectivity index (χ2v) is 4.30. The lowest BCUT2D eigenvalue weighted by atomic mass is 10.3. The Labute approximate surface area is 91.7 Å². The Morgan fingerprint density at radius 2 is 1.86 bits per heavy atom. The summed E-state index contributed by atoms with van der Waals surface area (Å²) >= 11 is 3.18. The van der Waals surface area contributed by atoms with Crippen LogP contribution in [0.25, 0.3) is 0 Å². The Balaban J connectivity index is 2.62. The number of amides is 2. The summed E-state index contributed by atoms with van der Waals surface area (Å²) in [6.07, 6.45) is 0. The Morgan fingerprint density at radius 1 is 1.36 bits per heavy atom. The first-order valence-corrected chi connectivity index (χ1v) is 5.22. The van der Waals surface area contributed by atoms with Crippen LogP contribution in [-0.2, 0) is 9.59 Å². The van der Waals surface area contributed by atoms with E-state index in [0.29, 0.717) is 17.6 Å². The van der Waals surface area contributed by atoms with Gasteiger partial charge in [0.05, 0.1) is 13.1 Å². The highest BCUT2D eigenvalue weighted by atomic mass is 79.9. The molecule has 0 spiro atoms. The quantitative estimate of drug-likeness (QED) is 0.745. The van der Waals surface area contributed by atoms with Crippen molar-refractivity contribution < 1.29 is 9.59 Å². The van der Waals surface area contributed by atoms with Gasteiger partial charge in [-0.15, -0.1) is 0 Å². The van der Waals surface area contributed by atoms with Gasteiger partial charge in [0.15, 0.2) is 0 Å². The minimum Gasteiger partial charge on any atom is -0.332 e. The topological polar surface area (TPSA) is 40.6 Å². The maximum absolute atomic E-state index is 11.5. The van der Waals surface area contributed by atoms with Gasteiger partial charge in [-0.1, -0.05) is 22.5 Å². The summed E-state index contributed by atoms with van der Waals surface area (Å²) < 4.78 is 0.712. The van der Waals surface area contributed by atoms with Gasteiger partial charge < -0.3 is 9.80 Å². The first kappa shape index (κ1) is 11.2. The fourth-order valence-corrected chi connectivity index (χ4v) is 1.64. The average molecular weight is 261 g/mol. The van der Waals surface area contributed by atoms with E-state index >= 15 is 0 Å². The van der Waals surface area contributed by atoms with Crippen molar-refractivity contribution in [3.63, 3.8) is 0 Å². The zero-order valence-corrected chi connectivity index (χ0v) is 9.71. The number of nitrogens with zero attached hydrogens (tertiary/aromatic N) is 2. The third-order valence-electron chi connectivity index (χ3n) is 2.10. The zero-order valence-electron chi connectivity index (χ0n) is 8.12. The maximum atomic E-state index is 11.5. The van der Waals surface area contributed by atoms with E-state index in [2.05, 4.69) is 22.5 Å². The Bertz CT molecular complexity index is 278. The number of piperazine rings is 1. The Morgan fingerprint density at radius 3 is 2.36 bits per heavy atom. The van der Waals surface area contributed by atoms with E-state index < -0.39 is 0 Å². The van der Waals surface area contributed by atoms with E-state index in [1.165, 1.54) is 4.90 Å². The highest BCUT2D eigenvalue weighted by molar-refractivity contribution is 9.11. The fourth-order valence-electron chi connectivity index (χ4n) is 1.34. The predicted octanol–water partition coefficient (Wildman–Crippen LogP) is 0.586. The maximum Gasteiger partial charge on any atom is 0.242 e.